The molecule has 6 N–H and O–H groups in total. The molecule has 3 atom stereocenters. The van der Waals surface area contributed by atoms with E-state index >= 15 is 0 Å². The van der Waals surface area contributed by atoms with Crippen LogP contribution in [0.4, 0.5) is 5.82 Å². The first-order valence-electron chi connectivity index (χ1n) is 6.50. The van der Waals surface area contributed by atoms with E-state index in [-0.39, 0.29) is 23.6 Å². The molecule has 23 heavy (non-hydrogen) atoms. The molecule has 1 unspecified atom stereocenters. The summed E-state index contributed by atoms with van der Waals surface area (Å²) in [4.78, 5) is 28.3. The number of phosphoric ester groups is 1. The number of fused-ring (bicyclic) bond motifs is 1. The molecule has 0 amide bonds. The van der Waals surface area contributed by atoms with Crippen molar-refractivity contribution in [1.29, 1.82) is 0 Å². The molecule has 0 radical (unpaired) electrons. The fraction of sp³-hybridized carbons (Fsp3) is 0.500. The first kappa shape index (κ1) is 16.5. The molecule has 126 valence electrons. The van der Waals surface area contributed by atoms with Crippen molar-refractivity contribution in [2.75, 3.05) is 12.3 Å². The zero-order chi connectivity index (χ0) is 16.8. The minimum Gasteiger partial charge on any atom is -0.388 e. The Morgan fingerprint density at radius 3 is 3.04 bits per heavy atom. The van der Waals surface area contributed by atoms with Gasteiger partial charge in [0.05, 0.1) is 19.0 Å². The molecule has 0 spiro atoms. The average molecular weight is 363 g/mol. The summed E-state index contributed by atoms with van der Waals surface area (Å²) in [6, 6.07) is 0. The number of aliphatic hydroxyl groups excluding tert-OH is 1. The molecule has 1 aliphatic rings. The van der Waals surface area contributed by atoms with Gasteiger partial charge in [0.25, 0.3) is 0 Å². The number of nitrogens with two attached hydrogens (primary N) is 1. The second-order valence-electron chi connectivity index (χ2n) is 5.02. The van der Waals surface area contributed by atoms with Gasteiger partial charge >= 0.3 is 7.82 Å². The number of hydrogen-bond acceptors (Lipinski definition) is 8. The SMILES string of the molecule is Nc1[nH]c(=S)nc2c1ncn2[C@@H]1O[C@H](COP(=O)(O)O)CC1O. The standard InChI is InChI=1S/C10H14N5O6PS/c11-7-6-8(14-10(23)13-7)15(3-12-6)9-5(16)1-4(21-9)2-20-22(17,18)19/h3-5,9,16H,1-2H2,(H2,17,18,19)(H3,11,13,14,23)/t4-,5?,9+/m0/s1. The number of aromatic amines is 1. The van der Waals surface area contributed by atoms with Crippen LogP contribution in [-0.2, 0) is 13.8 Å². The molecule has 2 aromatic rings. The van der Waals surface area contributed by atoms with E-state index in [0.717, 1.165) is 0 Å². The topological polar surface area (TPSA) is 169 Å². The van der Waals surface area contributed by atoms with Crippen molar-refractivity contribution < 1.29 is 28.7 Å². The zero-order valence-corrected chi connectivity index (χ0v) is 13.3. The summed E-state index contributed by atoms with van der Waals surface area (Å²) < 4.78 is 22.3. The van der Waals surface area contributed by atoms with E-state index in [2.05, 4.69) is 19.5 Å². The monoisotopic (exact) mass is 363 g/mol. The molecular formula is C10H14N5O6PS. The van der Waals surface area contributed by atoms with E-state index in [1.54, 1.807) is 0 Å². The van der Waals surface area contributed by atoms with E-state index in [0.29, 0.717) is 11.2 Å². The molecular weight excluding hydrogens is 349 g/mol. The van der Waals surface area contributed by atoms with Crippen molar-refractivity contribution in [2.24, 2.45) is 0 Å². The maximum atomic E-state index is 10.7. The summed E-state index contributed by atoms with van der Waals surface area (Å²) in [7, 11) is -4.60. The number of imidazole rings is 1. The minimum atomic E-state index is -4.60. The quantitative estimate of drug-likeness (QED) is 0.363. The number of nitrogens with one attached hydrogen (secondary N) is 1. The molecule has 2 aromatic heterocycles. The zero-order valence-electron chi connectivity index (χ0n) is 11.6. The van der Waals surface area contributed by atoms with E-state index in [4.69, 9.17) is 32.5 Å². The summed E-state index contributed by atoms with van der Waals surface area (Å²) in [5.41, 5.74) is 6.50. The van der Waals surface area contributed by atoms with Crippen molar-refractivity contribution in [3.8, 4) is 0 Å². The van der Waals surface area contributed by atoms with Crippen LogP contribution in [0.2, 0.25) is 0 Å². The second-order valence-corrected chi connectivity index (χ2v) is 6.64. The van der Waals surface area contributed by atoms with E-state index in [9.17, 15) is 9.67 Å². The third-order valence-corrected chi connectivity index (χ3v) is 4.02. The Balaban J connectivity index is 1.85. The van der Waals surface area contributed by atoms with E-state index < -0.39 is 26.3 Å². The van der Waals surface area contributed by atoms with E-state index in [1.807, 2.05) is 0 Å². The Bertz CT molecular complexity index is 833. The van der Waals surface area contributed by atoms with E-state index in [1.165, 1.54) is 10.9 Å². The van der Waals surface area contributed by atoms with Gasteiger partial charge in [-0.2, -0.15) is 4.98 Å². The van der Waals surface area contributed by atoms with Crippen LogP contribution in [0.15, 0.2) is 6.33 Å². The highest BCUT2D eigenvalue weighted by molar-refractivity contribution is 7.71. The smallest absolute Gasteiger partial charge is 0.388 e. The molecule has 0 bridgehead atoms. The number of rotatable bonds is 4. The third kappa shape index (κ3) is 3.43. The van der Waals surface area contributed by atoms with Crippen molar-refractivity contribution >= 4 is 37.0 Å². The Labute approximate surface area is 134 Å². The van der Waals surface area contributed by atoms with Gasteiger partial charge in [0.15, 0.2) is 16.6 Å². The van der Waals surface area contributed by atoms with Crippen molar-refractivity contribution in [3.63, 3.8) is 0 Å². The van der Waals surface area contributed by atoms with Gasteiger partial charge in [0.2, 0.25) is 0 Å². The summed E-state index contributed by atoms with van der Waals surface area (Å²) in [6.45, 7) is -0.347. The molecule has 0 aliphatic carbocycles. The molecule has 3 rings (SSSR count). The molecule has 1 saturated heterocycles. The van der Waals surface area contributed by atoms with Crippen molar-refractivity contribution in [3.05, 3.63) is 11.1 Å². The maximum Gasteiger partial charge on any atom is 0.469 e. The first-order chi connectivity index (χ1) is 10.7. The van der Waals surface area contributed by atoms with Crippen molar-refractivity contribution in [1.82, 2.24) is 19.5 Å². The van der Waals surface area contributed by atoms with Crippen LogP contribution >= 0.6 is 20.0 Å². The Kier molecular flexibility index (Phi) is 4.23. The largest absolute Gasteiger partial charge is 0.469 e. The highest BCUT2D eigenvalue weighted by atomic mass is 32.1. The van der Waals surface area contributed by atoms with Crippen LogP contribution < -0.4 is 5.73 Å². The lowest BCUT2D eigenvalue weighted by atomic mass is 10.2. The predicted molar refractivity (Wildman–Crippen MR) is 79.7 cm³/mol. The molecule has 3 heterocycles. The lowest BCUT2D eigenvalue weighted by molar-refractivity contribution is -0.0481. The van der Waals surface area contributed by atoms with Gasteiger partial charge in [0, 0.05) is 6.42 Å². The Morgan fingerprint density at radius 1 is 1.61 bits per heavy atom. The summed E-state index contributed by atoms with van der Waals surface area (Å²) in [6.07, 6.45) is -0.917. The van der Waals surface area contributed by atoms with Gasteiger partial charge in [-0.05, 0) is 12.2 Å². The van der Waals surface area contributed by atoms with Crippen molar-refractivity contribution in [2.45, 2.75) is 24.9 Å². The second kappa shape index (κ2) is 5.91. The number of phosphoric acid groups is 1. The number of aliphatic hydroxyl groups is 1. The van der Waals surface area contributed by atoms with Crippen LogP contribution in [0.5, 0.6) is 0 Å². The predicted octanol–water partition coefficient (Wildman–Crippen LogP) is -0.171. The van der Waals surface area contributed by atoms with Gasteiger partial charge in [-0.15, -0.1) is 0 Å². The van der Waals surface area contributed by atoms with Crippen LogP contribution in [0.25, 0.3) is 11.2 Å². The fourth-order valence-corrected chi connectivity index (χ4v) is 2.96. The van der Waals surface area contributed by atoms with Gasteiger partial charge in [-0.3, -0.25) is 9.09 Å². The number of hydrogen-bond donors (Lipinski definition) is 5. The average Bonchev–Trinajstić information content (AvgIpc) is 2.99. The van der Waals surface area contributed by atoms with Crippen LogP contribution in [0, 0.1) is 4.77 Å². The highest BCUT2D eigenvalue weighted by Crippen LogP contribution is 2.38. The number of nitrogen functional groups attached to an aromatic ring is 1. The minimum absolute atomic E-state index is 0.138. The fourth-order valence-electron chi connectivity index (χ4n) is 2.41. The summed E-state index contributed by atoms with van der Waals surface area (Å²) in [5.74, 6) is 0.243. The van der Waals surface area contributed by atoms with Crippen LogP contribution in [0.3, 0.4) is 0 Å². The maximum absolute atomic E-state index is 10.7. The van der Waals surface area contributed by atoms with Crippen LogP contribution in [0.1, 0.15) is 12.6 Å². The molecule has 1 aliphatic heterocycles. The number of aromatic nitrogens is 4. The first-order valence-corrected chi connectivity index (χ1v) is 8.44. The van der Waals surface area contributed by atoms with Gasteiger partial charge in [-0.25, -0.2) is 9.55 Å². The normalized spacial score (nSPS) is 25.3. The molecule has 11 nitrogen and oxygen atoms in total. The molecule has 13 heteroatoms. The Morgan fingerprint density at radius 2 is 2.35 bits per heavy atom. The van der Waals surface area contributed by atoms with Crippen LogP contribution in [-0.4, -0.2) is 53.2 Å². The van der Waals surface area contributed by atoms with Gasteiger partial charge in [0.1, 0.15) is 17.4 Å². The lowest BCUT2D eigenvalue weighted by Gasteiger charge is -2.17. The van der Waals surface area contributed by atoms with Gasteiger partial charge < -0.3 is 30.3 Å². The van der Waals surface area contributed by atoms with Gasteiger partial charge in [-0.1, -0.05) is 0 Å². The lowest BCUT2D eigenvalue weighted by Crippen LogP contribution is -2.19. The summed E-state index contributed by atoms with van der Waals surface area (Å²) >= 11 is 4.96. The Hall–Kier alpha value is -1.40. The number of H-pyrrole nitrogens is 1. The molecule has 0 saturated carbocycles. The summed E-state index contributed by atoms with van der Waals surface area (Å²) in [5, 5.41) is 10.1. The number of anilines is 1. The number of ether oxygens (including phenoxy) is 1. The number of nitrogens with zero attached hydrogens (tertiary/aromatic N) is 3. The highest BCUT2D eigenvalue weighted by Gasteiger charge is 2.37. The molecule has 1 fully saturated rings. The third-order valence-electron chi connectivity index (χ3n) is 3.34. The molecule has 0 aromatic carbocycles.